The molecule has 232 valence electrons. The van der Waals surface area contributed by atoms with Gasteiger partial charge in [0.2, 0.25) is 0 Å². The van der Waals surface area contributed by atoms with Gasteiger partial charge in [0.1, 0.15) is 23.2 Å². The van der Waals surface area contributed by atoms with Gasteiger partial charge in [-0.2, -0.15) is 8.78 Å². The molecule has 0 saturated carbocycles. The topological polar surface area (TPSA) is 9.23 Å². The predicted octanol–water partition coefficient (Wildman–Crippen LogP) is 11.4. The molecule has 45 heavy (non-hydrogen) atoms. The fourth-order valence-electron chi connectivity index (χ4n) is 4.99. The van der Waals surface area contributed by atoms with Gasteiger partial charge in [0.15, 0.2) is 17.5 Å². The van der Waals surface area contributed by atoms with Crippen LogP contribution in [0.3, 0.4) is 0 Å². The summed E-state index contributed by atoms with van der Waals surface area (Å²) in [4.78, 5) is 0. The Labute approximate surface area is 254 Å². The maximum atomic E-state index is 15.2. The third-order valence-electron chi connectivity index (χ3n) is 7.40. The van der Waals surface area contributed by atoms with Gasteiger partial charge in [-0.15, -0.1) is 0 Å². The molecule has 0 atom stereocenters. The highest BCUT2D eigenvalue weighted by atomic mass is 19.3. The van der Waals surface area contributed by atoms with E-state index in [-0.39, 0.29) is 38.9 Å². The van der Waals surface area contributed by atoms with Crippen molar-refractivity contribution in [1.82, 2.24) is 0 Å². The van der Waals surface area contributed by atoms with Gasteiger partial charge in [0.05, 0.1) is 5.56 Å². The van der Waals surface area contributed by atoms with Crippen LogP contribution in [0.5, 0.6) is 5.75 Å². The van der Waals surface area contributed by atoms with Gasteiger partial charge in [-0.1, -0.05) is 56.2 Å². The van der Waals surface area contributed by atoms with Gasteiger partial charge in [0, 0.05) is 22.8 Å². The Morgan fingerprint density at radius 2 is 1.02 bits per heavy atom. The van der Waals surface area contributed by atoms with Gasteiger partial charge in [-0.05, 0) is 83.6 Å². The van der Waals surface area contributed by atoms with Gasteiger partial charge >= 0.3 is 6.11 Å². The van der Waals surface area contributed by atoms with Crippen LogP contribution in [0.4, 0.5) is 35.1 Å². The lowest BCUT2D eigenvalue weighted by atomic mass is 9.96. The summed E-state index contributed by atoms with van der Waals surface area (Å²) in [6.07, 6.45) is 0.0962. The quantitative estimate of drug-likeness (QED) is 0.0852. The molecule has 0 amide bonds. The smallest absolute Gasteiger partial charge is 0.426 e. The highest BCUT2D eigenvalue weighted by molar-refractivity contribution is 5.74. The van der Waals surface area contributed by atoms with Crippen LogP contribution >= 0.6 is 0 Å². The average molecular weight is 627 g/mol. The normalized spacial score (nSPS) is 11.6. The van der Waals surface area contributed by atoms with E-state index < -0.39 is 46.8 Å². The maximum absolute atomic E-state index is 15.2. The van der Waals surface area contributed by atoms with E-state index in [1.165, 1.54) is 42.5 Å². The number of ether oxygens (including phenoxy) is 1. The van der Waals surface area contributed by atoms with Gasteiger partial charge in [0.25, 0.3) is 0 Å². The minimum Gasteiger partial charge on any atom is -0.429 e. The standard InChI is InChI=1S/C36H26F8O/c1-2-3-4-5-21-6-10-25(11-7-21)36(43,44)45-26-12-15-28(32(39)20-26)23-8-13-27(30(37)16-23)22-9-14-29(31(38)17-22)24-18-33(40)35(42)34(41)19-24/h6-20H,2-5H2,1H3. The summed E-state index contributed by atoms with van der Waals surface area (Å²) in [5.41, 5.74) is 0.0727. The van der Waals surface area contributed by atoms with E-state index in [0.29, 0.717) is 12.1 Å². The van der Waals surface area contributed by atoms with Crippen LogP contribution in [0.2, 0.25) is 0 Å². The Morgan fingerprint density at radius 1 is 0.533 bits per heavy atom. The van der Waals surface area contributed by atoms with Gasteiger partial charge < -0.3 is 4.74 Å². The summed E-state index contributed by atoms with van der Waals surface area (Å²) in [7, 11) is 0. The highest BCUT2D eigenvalue weighted by Gasteiger charge is 2.34. The number of aryl methyl sites for hydroxylation is 1. The SMILES string of the molecule is CCCCCc1ccc(C(F)(F)Oc2ccc(-c3ccc(-c4ccc(-c5cc(F)c(F)c(F)c5)c(F)c4)c(F)c3)c(F)c2)cc1. The zero-order valence-electron chi connectivity index (χ0n) is 23.9. The Hall–Kier alpha value is -4.66. The van der Waals surface area contributed by atoms with E-state index in [4.69, 9.17) is 4.74 Å². The van der Waals surface area contributed by atoms with Crippen molar-refractivity contribution in [2.24, 2.45) is 0 Å². The largest absolute Gasteiger partial charge is 0.429 e. The summed E-state index contributed by atoms with van der Waals surface area (Å²) in [6.45, 7) is 2.08. The molecule has 0 spiro atoms. The van der Waals surface area contributed by atoms with Crippen molar-refractivity contribution in [1.29, 1.82) is 0 Å². The van der Waals surface area contributed by atoms with Crippen molar-refractivity contribution < 1.29 is 39.9 Å². The molecule has 0 aliphatic carbocycles. The predicted molar refractivity (Wildman–Crippen MR) is 157 cm³/mol. The molecule has 0 unspecified atom stereocenters. The van der Waals surface area contributed by atoms with Crippen molar-refractivity contribution in [3.8, 4) is 39.1 Å². The molecule has 0 bridgehead atoms. The van der Waals surface area contributed by atoms with Crippen LogP contribution in [0.25, 0.3) is 33.4 Å². The molecule has 0 N–H and O–H groups in total. The lowest BCUT2D eigenvalue weighted by molar-refractivity contribution is -0.185. The summed E-state index contributed by atoms with van der Waals surface area (Å²) >= 11 is 0. The van der Waals surface area contributed by atoms with Crippen molar-refractivity contribution in [3.05, 3.63) is 137 Å². The Morgan fingerprint density at radius 3 is 1.53 bits per heavy atom. The monoisotopic (exact) mass is 626 g/mol. The first-order valence-corrected chi connectivity index (χ1v) is 14.2. The Balaban J connectivity index is 1.32. The molecule has 0 aliphatic heterocycles. The maximum Gasteiger partial charge on any atom is 0.426 e. The first kappa shape index (κ1) is 31.8. The van der Waals surface area contributed by atoms with Gasteiger partial charge in [-0.25, -0.2) is 26.3 Å². The Bertz CT molecular complexity index is 1810. The van der Waals surface area contributed by atoms with Crippen LogP contribution < -0.4 is 4.74 Å². The molecule has 5 aromatic carbocycles. The van der Waals surface area contributed by atoms with Gasteiger partial charge in [-0.3, -0.25) is 0 Å². The number of benzene rings is 5. The highest BCUT2D eigenvalue weighted by Crippen LogP contribution is 2.36. The van der Waals surface area contributed by atoms with Crippen molar-refractivity contribution >= 4 is 0 Å². The number of hydrogen-bond donors (Lipinski definition) is 0. The van der Waals surface area contributed by atoms with E-state index in [0.717, 1.165) is 55.5 Å². The lowest BCUT2D eigenvalue weighted by Gasteiger charge is -2.19. The zero-order valence-corrected chi connectivity index (χ0v) is 23.9. The molecule has 0 heterocycles. The van der Waals surface area contributed by atoms with Crippen LogP contribution in [0.15, 0.2) is 91.0 Å². The fraction of sp³-hybridized carbons (Fsp3) is 0.167. The molecular weight excluding hydrogens is 600 g/mol. The van der Waals surface area contributed by atoms with Crippen molar-refractivity contribution in [2.75, 3.05) is 0 Å². The molecule has 0 radical (unpaired) electrons. The van der Waals surface area contributed by atoms with Crippen molar-refractivity contribution in [2.45, 2.75) is 38.7 Å². The number of rotatable bonds is 10. The molecule has 1 nitrogen and oxygen atoms in total. The van der Waals surface area contributed by atoms with E-state index >= 15 is 8.78 Å². The van der Waals surface area contributed by atoms with E-state index in [9.17, 15) is 26.3 Å². The number of unbranched alkanes of at least 4 members (excludes halogenated alkanes) is 2. The van der Waals surface area contributed by atoms with E-state index in [1.54, 1.807) is 12.1 Å². The third-order valence-corrected chi connectivity index (χ3v) is 7.40. The number of hydrogen-bond acceptors (Lipinski definition) is 1. The second kappa shape index (κ2) is 13.1. The second-order valence-electron chi connectivity index (χ2n) is 10.6. The molecule has 0 aromatic heterocycles. The third kappa shape index (κ3) is 7.03. The lowest BCUT2D eigenvalue weighted by Crippen LogP contribution is -2.22. The first-order chi connectivity index (χ1) is 21.5. The van der Waals surface area contributed by atoms with Crippen molar-refractivity contribution in [3.63, 3.8) is 0 Å². The number of halogens is 8. The Kier molecular flexibility index (Phi) is 9.27. The summed E-state index contributed by atoms with van der Waals surface area (Å²) < 4.78 is 120. The number of alkyl halides is 2. The van der Waals surface area contributed by atoms with E-state index in [1.807, 2.05) is 0 Å². The zero-order chi connectivity index (χ0) is 32.3. The van der Waals surface area contributed by atoms with Crippen LogP contribution in [-0.4, -0.2) is 0 Å². The minimum atomic E-state index is -3.73. The van der Waals surface area contributed by atoms with E-state index in [2.05, 4.69) is 6.92 Å². The molecule has 5 aromatic rings. The molecule has 5 rings (SSSR count). The molecule has 9 heteroatoms. The van der Waals surface area contributed by atoms with Crippen LogP contribution in [-0.2, 0) is 12.5 Å². The van der Waals surface area contributed by atoms with Crippen LogP contribution in [0, 0.1) is 34.9 Å². The molecular formula is C36H26F8O. The molecule has 0 fully saturated rings. The van der Waals surface area contributed by atoms with Crippen LogP contribution in [0.1, 0.15) is 37.3 Å². The molecule has 0 saturated heterocycles. The average Bonchev–Trinajstić information content (AvgIpc) is 3.00. The summed E-state index contributed by atoms with van der Waals surface area (Å²) in [5, 5.41) is 0. The molecule has 0 aliphatic rings. The summed E-state index contributed by atoms with van der Waals surface area (Å²) in [6, 6.07) is 17.2. The second-order valence-corrected chi connectivity index (χ2v) is 10.6. The summed E-state index contributed by atoms with van der Waals surface area (Å²) in [5.74, 6) is -7.81. The first-order valence-electron chi connectivity index (χ1n) is 14.2. The fourth-order valence-corrected chi connectivity index (χ4v) is 4.99. The minimum absolute atomic E-state index is 0.0583.